The van der Waals surface area contributed by atoms with Gasteiger partial charge in [-0.1, -0.05) is 0 Å². The Morgan fingerprint density at radius 2 is 1.85 bits per heavy atom. The number of halogens is 1. The molecule has 1 saturated heterocycles. The summed E-state index contributed by atoms with van der Waals surface area (Å²) in [6.07, 6.45) is 3.48. The molecule has 1 aliphatic heterocycles. The molecule has 0 amide bonds. The molecule has 8 heteroatoms. The third-order valence-electron chi connectivity index (χ3n) is 4.03. The summed E-state index contributed by atoms with van der Waals surface area (Å²) in [5.74, 6) is 4.37. The van der Waals surface area contributed by atoms with Crippen LogP contribution < -0.4 is 24.8 Å². The van der Waals surface area contributed by atoms with Gasteiger partial charge in [-0.05, 0) is 31.9 Å². The summed E-state index contributed by atoms with van der Waals surface area (Å²) in [4.78, 5) is 4.70. The van der Waals surface area contributed by atoms with E-state index in [2.05, 4.69) is 17.6 Å². The standard InChI is InChI=1S/C19H31N3O3S.HI/c1-4-20-19(22-14-18-7-5-10-26-18)21-8-6-9-25-17-12-15(23-2)11-16(13-17)24-3;/h11-13,18H,4-10,14H2,1-3H3,(H2,20,21,22);1H. The maximum absolute atomic E-state index is 5.81. The van der Waals surface area contributed by atoms with Gasteiger partial charge in [0.15, 0.2) is 5.96 Å². The van der Waals surface area contributed by atoms with Crippen molar-refractivity contribution in [3.63, 3.8) is 0 Å². The average Bonchev–Trinajstić information content (AvgIpc) is 3.19. The highest BCUT2D eigenvalue weighted by Crippen LogP contribution is 2.27. The number of nitrogens with one attached hydrogen (secondary N) is 2. The van der Waals surface area contributed by atoms with Gasteiger partial charge in [-0.3, -0.25) is 4.99 Å². The molecule has 1 fully saturated rings. The molecular formula is C19H32IN3O3S. The molecule has 0 aromatic heterocycles. The molecule has 0 saturated carbocycles. The van der Waals surface area contributed by atoms with E-state index in [4.69, 9.17) is 19.2 Å². The van der Waals surface area contributed by atoms with Crippen LogP contribution in [0, 0.1) is 0 Å². The molecule has 0 bridgehead atoms. The lowest BCUT2D eigenvalue weighted by Crippen LogP contribution is -2.38. The van der Waals surface area contributed by atoms with Gasteiger partial charge in [0.05, 0.1) is 27.4 Å². The first-order valence-corrected chi connectivity index (χ1v) is 10.3. The van der Waals surface area contributed by atoms with Crippen LogP contribution in [-0.4, -0.2) is 57.4 Å². The van der Waals surface area contributed by atoms with Crippen LogP contribution in [0.15, 0.2) is 23.2 Å². The van der Waals surface area contributed by atoms with Gasteiger partial charge in [0.1, 0.15) is 17.2 Å². The lowest BCUT2D eigenvalue weighted by molar-refractivity contribution is 0.305. The molecule has 0 aliphatic carbocycles. The molecule has 1 aromatic rings. The number of thioether (sulfide) groups is 1. The van der Waals surface area contributed by atoms with Crippen molar-refractivity contribution in [3.05, 3.63) is 18.2 Å². The summed E-state index contributed by atoms with van der Waals surface area (Å²) in [6.45, 7) is 5.26. The number of aliphatic imine (C=N–C) groups is 1. The Morgan fingerprint density at radius 1 is 1.15 bits per heavy atom. The van der Waals surface area contributed by atoms with E-state index in [1.807, 2.05) is 30.0 Å². The van der Waals surface area contributed by atoms with Crippen LogP contribution >= 0.6 is 35.7 Å². The number of hydrogen-bond donors (Lipinski definition) is 2. The topological polar surface area (TPSA) is 64.1 Å². The molecule has 0 spiro atoms. The third kappa shape index (κ3) is 9.14. The Hall–Kier alpha value is -1.03. The molecule has 1 heterocycles. The summed E-state index contributed by atoms with van der Waals surface area (Å²) < 4.78 is 16.3. The second-order valence-corrected chi connectivity index (χ2v) is 7.44. The minimum atomic E-state index is 0. The maximum Gasteiger partial charge on any atom is 0.191 e. The van der Waals surface area contributed by atoms with Crippen LogP contribution in [0.2, 0.25) is 0 Å². The Balaban J connectivity index is 0.00000364. The maximum atomic E-state index is 5.81. The zero-order valence-electron chi connectivity index (χ0n) is 16.5. The number of benzene rings is 1. The minimum absolute atomic E-state index is 0. The predicted molar refractivity (Wildman–Crippen MR) is 125 cm³/mol. The summed E-state index contributed by atoms with van der Waals surface area (Å²) in [6, 6.07) is 5.55. The van der Waals surface area contributed by atoms with Gasteiger partial charge in [-0.25, -0.2) is 0 Å². The van der Waals surface area contributed by atoms with Crippen molar-refractivity contribution < 1.29 is 14.2 Å². The van der Waals surface area contributed by atoms with Crippen molar-refractivity contribution in [2.75, 3.05) is 46.2 Å². The van der Waals surface area contributed by atoms with Crippen LogP contribution in [0.1, 0.15) is 26.2 Å². The number of hydrogen-bond acceptors (Lipinski definition) is 5. The van der Waals surface area contributed by atoms with E-state index in [0.29, 0.717) is 11.9 Å². The molecule has 6 nitrogen and oxygen atoms in total. The van der Waals surface area contributed by atoms with Crippen molar-refractivity contribution in [1.29, 1.82) is 0 Å². The van der Waals surface area contributed by atoms with Gasteiger partial charge in [0.2, 0.25) is 0 Å². The number of ether oxygens (including phenoxy) is 3. The van der Waals surface area contributed by atoms with E-state index in [1.54, 1.807) is 14.2 Å². The Bertz CT molecular complexity index is 547. The van der Waals surface area contributed by atoms with Gasteiger partial charge < -0.3 is 24.8 Å². The molecule has 2 rings (SSSR count). The lowest BCUT2D eigenvalue weighted by Gasteiger charge is -2.13. The fraction of sp³-hybridized carbons (Fsp3) is 0.632. The third-order valence-corrected chi connectivity index (χ3v) is 5.41. The molecule has 1 aliphatic rings. The molecule has 0 radical (unpaired) electrons. The van der Waals surface area contributed by atoms with Gasteiger partial charge in [-0.15, -0.1) is 24.0 Å². The average molecular weight is 509 g/mol. The SMILES string of the molecule is CCNC(=NCC1CCCS1)NCCCOc1cc(OC)cc(OC)c1.I. The quantitative estimate of drug-likeness (QED) is 0.218. The van der Waals surface area contributed by atoms with E-state index >= 15 is 0 Å². The molecule has 27 heavy (non-hydrogen) atoms. The van der Waals surface area contributed by atoms with E-state index in [-0.39, 0.29) is 24.0 Å². The van der Waals surface area contributed by atoms with Crippen LogP contribution in [0.4, 0.5) is 0 Å². The fourth-order valence-corrected chi connectivity index (χ4v) is 3.84. The van der Waals surface area contributed by atoms with Crippen LogP contribution in [-0.2, 0) is 0 Å². The first-order chi connectivity index (χ1) is 12.7. The first-order valence-electron chi connectivity index (χ1n) is 9.24. The zero-order valence-corrected chi connectivity index (χ0v) is 19.6. The highest BCUT2D eigenvalue weighted by molar-refractivity contribution is 14.0. The van der Waals surface area contributed by atoms with Crippen molar-refractivity contribution in [2.24, 2.45) is 4.99 Å². The normalized spacial score (nSPS) is 16.4. The van der Waals surface area contributed by atoms with Gasteiger partial charge in [0, 0.05) is 36.5 Å². The highest BCUT2D eigenvalue weighted by atomic mass is 127. The largest absolute Gasteiger partial charge is 0.496 e. The number of rotatable bonds is 10. The van der Waals surface area contributed by atoms with Crippen molar-refractivity contribution in [3.8, 4) is 17.2 Å². The van der Waals surface area contributed by atoms with Gasteiger partial charge in [0.25, 0.3) is 0 Å². The van der Waals surface area contributed by atoms with E-state index in [9.17, 15) is 0 Å². The molecule has 154 valence electrons. The van der Waals surface area contributed by atoms with E-state index < -0.39 is 0 Å². The summed E-state index contributed by atoms with van der Waals surface area (Å²) in [5.41, 5.74) is 0. The Morgan fingerprint density at radius 3 is 2.44 bits per heavy atom. The lowest BCUT2D eigenvalue weighted by atomic mass is 10.2. The molecule has 2 N–H and O–H groups in total. The zero-order chi connectivity index (χ0) is 18.6. The van der Waals surface area contributed by atoms with Crippen molar-refractivity contribution >= 4 is 41.7 Å². The molecule has 1 atom stereocenters. The van der Waals surface area contributed by atoms with E-state index in [1.165, 1.54) is 18.6 Å². The number of guanidine groups is 1. The second kappa shape index (κ2) is 14.0. The summed E-state index contributed by atoms with van der Waals surface area (Å²) in [5, 5.41) is 7.35. The van der Waals surface area contributed by atoms with Crippen molar-refractivity contribution in [1.82, 2.24) is 10.6 Å². The molecular weight excluding hydrogens is 477 g/mol. The van der Waals surface area contributed by atoms with Crippen LogP contribution in [0.3, 0.4) is 0 Å². The number of nitrogens with zero attached hydrogens (tertiary/aromatic N) is 1. The summed E-state index contributed by atoms with van der Waals surface area (Å²) >= 11 is 2.03. The van der Waals surface area contributed by atoms with Gasteiger partial charge in [-0.2, -0.15) is 11.8 Å². The van der Waals surface area contributed by atoms with Crippen LogP contribution in [0.5, 0.6) is 17.2 Å². The second-order valence-electron chi connectivity index (χ2n) is 6.03. The summed E-state index contributed by atoms with van der Waals surface area (Å²) in [7, 11) is 3.27. The fourth-order valence-electron chi connectivity index (χ4n) is 2.66. The van der Waals surface area contributed by atoms with Crippen molar-refractivity contribution in [2.45, 2.75) is 31.4 Å². The van der Waals surface area contributed by atoms with Gasteiger partial charge >= 0.3 is 0 Å². The number of methoxy groups -OCH3 is 2. The smallest absolute Gasteiger partial charge is 0.191 e. The first kappa shape index (κ1) is 24.0. The molecule has 1 aromatic carbocycles. The minimum Gasteiger partial charge on any atom is -0.496 e. The van der Waals surface area contributed by atoms with E-state index in [0.717, 1.165) is 49.3 Å². The Kier molecular flexibility index (Phi) is 12.5. The van der Waals surface area contributed by atoms with Crippen LogP contribution in [0.25, 0.3) is 0 Å². The Labute approximate surface area is 184 Å². The highest BCUT2D eigenvalue weighted by Gasteiger charge is 2.14. The monoisotopic (exact) mass is 509 g/mol. The molecule has 1 unspecified atom stereocenters. The predicted octanol–water partition coefficient (Wildman–Crippen LogP) is 3.54.